The number of rotatable bonds is 3. The summed E-state index contributed by atoms with van der Waals surface area (Å²) in [6, 6.07) is 1.93. The third-order valence-corrected chi connectivity index (χ3v) is 3.29. The highest BCUT2D eigenvalue weighted by molar-refractivity contribution is 5.79. The summed E-state index contributed by atoms with van der Waals surface area (Å²) in [6.07, 6.45) is 3.64. The number of hydrogen-bond donors (Lipinski definition) is 2. The molecule has 2 rings (SSSR count). The molecule has 1 aromatic heterocycles. The molecule has 0 bridgehead atoms. The first-order chi connectivity index (χ1) is 8.58. The molecule has 6 heteroatoms. The van der Waals surface area contributed by atoms with Crippen LogP contribution in [0.25, 0.3) is 0 Å². The molecular formula is C12H20N6. The summed E-state index contributed by atoms with van der Waals surface area (Å²) in [4.78, 5) is 12.9. The molecule has 3 N–H and O–H groups in total. The minimum absolute atomic E-state index is 0.233. The number of aromatic nitrogens is 2. The first kappa shape index (κ1) is 12.6. The minimum Gasteiger partial charge on any atom is -0.387 e. The largest absolute Gasteiger partial charge is 0.387 e. The van der Waals surface area contributed by atoms with Crippen LogP contribution in [0.1, 0.15) is 12.8 Å². The van der Waals surface area contributed by atoms with Gasteiger partial charge in [-0.3, -0.25) is 5.41 Å². The van der Waals surface area contributed by atoms with E-state index in [1.165, 1.54) is 0 Å². The summed E-state index contributed by atoms with van der Waals surface area (Å²) in [5.74, 6) is 2.22. The number of anilines is 2. The molecule has 1 aromatic rings. The van der Waals surface area contributed by atoms with E-state index in [-0.39, 0.29) is 5.92 Å². The van der Waals surface area contributed by atoms with E-state index in [4.69, 9.17) is 11.1 Å². The normalized spacial score (nSPS) is 16.7. The van der Waals surface area contributed by atoms with Crippen molar-refractivity contribution >= 4 is 17.6 Å². The average molecular weight is 248 g/mol. The van der Waals surface area contributed by atoms with E-state index in [0.717, 1.165) is 37.7 Å². The van der Waals surface area contributed by atoms with Crippen LogP contribution in [0.15, 0.2) is 12.3 Å². The van der Waals surface area contributed by atoms with Crippen LogP contribution in [-0.2, 0) is 0 Å². The van der Waals surface area contributed by atoms with Gasteiger partial charge in [-0.25, -0.2) is 4.98 Å². The van der Waals surface area contributed by atoms with E-state index in [1.54, 1.807) is 6.20 Å². The third-order valence-electron chi connectivity index (χ3n) is 3.29. The van der Waals surface area contributed by atoms with Gasteiger partial charge in [0.25, 0.3) is 0 Å². The Morgan fingerprint density at radius 1 is 1.44 bits per heavy atom. The molecule has 1 aliphatic heterocycles. The van der Waals surface area contributed by atoms with E-state index in [1.807, 2.05) is 25.1 Å². The summed E-state index contributed by atoms with van der Waals surface area (Å²) in [5, 5.41) is 7.48. The summed E-state index contributed by atoms with van der Waals surface area (Å²) in [5.41, 5.74) is 5.55. The van der Waals surface area contributed by atoms with Crippen molar-refractivity contribution < 1.29 is 0 Å². The first-order valence-corrected chi connectivity index (χ1v) is 6.17. The highest BCUT2D eigenvalue weighted by atomic mass is 15.3. The molecule has 0 spiro atoms. The second kappa shape index (κ2) is 5.20. The third kappa shape index (κ3) is 2.69. The zero-order valence-electron chi connectivity index (χ0n) is 10.9. The molecule has 0 radical (unpaired) electrons. The monoisotopic (exact) mass is 248 g/mol. The molecular weight excluding hydrogens is 228 g/mol. The maximum atomic E-state index is 7.48. The maximum absolute atomic E-state index is 7.48. The standard InChI is InChI=1S/C12H20N6/c1-17(2)12-15-6-3-10(16-12)18-7-4-9(5-8-18)11(13)14/h3,6,9H,4-5,7-8H2,1-2H3,(H3,13,14). The van der Waals surface area contributed by atoms with Crippen molar-refractivity contribution in [3.63, 3.8) is 0 Å². The van der Waals surface area contributed by atoms with Crippen LogP contribution in [0, 0.1) is 11.3 Å². The Morgan fingerprint density at radius 3 is 2.67 bits per heavy atom. The predicted octanol–water partition coefficient (Wildman–Crippen LogP) is 0.695. The average Bonchev–Trinajstić information content (AvgIpc) is 2.39. The smallest absolute Gasteiger partial charge is 0.226 e. The number of nitrogens with zero attached hydrogens (tertiary/aromatic N) is 4. The summed E-state index contributed by atoms with van der Waals surface area (Å²) < 4.78 is 0. The lowest BCUT2D eigenvalue weighted by atomic mass is 9.96. The lowest BCUT2D eigenvalue weighted by Gasteiger charge is -2.32. The molecule has 0 atom stereocenters. The Hall–Kier alpha value is -1.85. The Morgan fingerprint density at radius 2 is 2.11 bits per heavy atom. The second-order valence-corrected chi connectivity index (χ2v) is 4.83. The number of nitrogens with two attached hydrogens (primary N) is 1. The maximum Gasteiger partial charge on any atom is 0.226 e. The van der Waals surface area contributed by atoms with Gasteiger partial charge in [0.2, 0.25) is 5.95 Å². The van der Waals surface area contributed by atoms with Crippen LogP contribution >= 0.6 is 0 Å². The van der Waals surface area contributed by atoms with Gasteiger partial charge in [0, 0.05) is 39.3 Å². The Bertz CT molecular complexity index is 422. The van der Waals surface area contributed by atoms with E-state index in [9.17, 15) is 0 Å². The van der Waals surface area contributed by atoms with Crippen LogP contribution in [0.4, 0.5) is 11.8 Å². The molecule has 1 fully saturated rings. The molecule has 2 heterocycles. The molecule has 1 aliphatic rings. The second-order valence-electron chi connectivity index (χ2n) is 4.83. The fraction of sp³-hybridized carbons (Fsp3) is 0.583. The Kier molecular flexibility index (Phi) is 3.64. The van der Waals surface area contributed by atoms with Gasteiger partial charge >= 0.3 is 0 Å². The number of hydrogen-bond acceptors (Lipinski definition) is 5. The van der Waals surface area contributed by atoms with Crippen molar-refractivity contribution in [3.8, 4) is 0 Å². The van der Waals surface area contributed by atoms with Crippen LogP contribution in [0.3, 0.4) is 0 Å². The molecule has 0 aliphatic carbocycles. The van der Waals surface area contributed by atoms with Crippen molar-refractivity contribution in [2.75, 3.05) is 37.0 Å². The van der Waals surface area contributed by atoms with Crippen LogP contribution in [0.2, 0.25) is 0 Å². The molecule has 1 saturated heterocycles. The van der Waals surface area contributed by atoms with Crippen molar-refractivity contribution in [3.05, 3.63) is 12.3 Å². The van der Waals surface area contributed by atoms with Crippen LogP contribution in [0.5, 0.6) is 0 Å². The van der Waals surface area contributed by atoms with E-state index in [2.05, 4.69) is 14.9 Å². The van der Waals surface area contributed by atoms with Gasteiger partial charge in [-0.15, -0.1) is 0 Å². The van der Waals surface area contributed by atoms with Crippen molar-refractivity contribution in [2.24, 2.45) is 11.7 Å². The van der Waals surface area contributed by atoms with Gasteiger partial charge in [-0.1, -0.05) is 0 Å². The van der Waals surface area contributed by atoms with Crippen LogP contribution < -0.4 is 15.5 Å². The minimum atomic E-state index is 0.233. The molecule has 0 amide bonds. The van der Waals surface area contributed by atoms with Crippen molar-refractivity contribution in [1.29, 1.82) is 5.41 Å². The molecule has 0 aromatic carbocycles. The molecule has 98 valence electrons. The number of nitrogens with one attached hydrogen (secondary N) is 1. The quantitative estimate of drug-likeness (QED) is 0.607. The Labute approximate surface area is 107 Å². The molecule has 0 saturated carbocycles. The van der Waals surface area contributed by atoms with Crippen LogP contribution in [-0.4, -0.2) is 43.0 Å². The molecule has 6 nitrogen and oxygen atoms in total. The molecule has 0 unspecified atom stereocenters. The summed E-state index contributed by atoms with van der Waals surface area (Å²) >= 11 is 0. The number of piperidine rings is 1. The Balaban J connectivity index is 2.05. The van der Waals surface area contributed by atoms with Gasteiger partial charge in [-0.05, 0) is 18.9 Å². The van der Waals surface area contributed by atoms with E-state index in [0.29, 0.717) is 5.84 Å². The van der Waals surface area contributed by atoms with E-state index < -0.39 is 0 Å². The van der Waals surface area contributed by atoms with E-state index >= 15 is 0 Å². The topological polar surface area (TPSA) is 82.1 Å². The highest BCUT2D eigenvalue weighted by Gasteiger charge is 2.22. The van der Waals surface area contributed by atoms with Gasteiger partial charge in [0.15, 0.2) is 0 Å². The van der Waals surface area contributed by atoms with Gasteiger partial charge in [0.1, 0.15) is 5.82 Å². The highest BCUT2D eigenvalue weighted by Crippen LogP contribution is 2.22. The zero-order valence-corrected chi connectivity index (χ0v) is 10.9. The van der Waals surface area contributed by atoms with Crippen molar-refractivity contribution in [1.82, 2.24) is 9.97 Å². The lowest BCUT2D eigenvalue weighted by Crippen LogP contribution is -2.38. The SMILES string of the molecule is CN(C)c1nccc(N2CCC(C(=N)N)CC2)n1. The predicted molar refractivity (Wildman–Crippen MR) is 73.2 cm³/mol. The van der Waals surface area contributed by atoms with Gasteiger partial charge in [-0.2, -0.15) is 4.98 Å². The summed E-state index contributed by atoms with van der Waals surface area (Å²) in [7, 11) is 3.86. The molecule has 18 heavy (non-hydrogen) atoms. The fourth-order valence-electron chi connectivity index (χ4n) is 2.15. The first-order valence-electron chi connectivity index (χ1n) is 6.17. The van der Waals surface area contributed by atoms with Crippen molar-refractivity contribution in [2.45, 2.75) is 12.8 Å². The number of amidine groups is 1. The summed E-state index contributed by atoms with van der Waals surface area (Å²) in [6.45, 7) is 1.79. The fourth-order valence-corrected chi connectivity index (χ4v) is 2.15. The lowest BCUT2D eigenvalue weighted by molar-refractivity contribution is 0.495. The zero-order chi connectivity index (χ0) is 13.1. The van der Waals surface area contributed by atoms with Gasteiger partial charge in [0.05, 0.1) is 5.84 Å². The van der Waals surface area contributed by atoms with Gasteiger partial charge < -0.3 is 15.5 Å².